The summed E-state index contributed by atoms with van der Waals surface area (Å²) in [4.78, 5) is 26.2. The highest BCUT2D eigenvalue weighted by Crippen LogP contribution is 2.32. The average molecular weight is 303 g/mol. The summed E-state index contributed by atoms with van der Waals surface area (Å²) in [7, 11) is 0. The Morgan fingerprint density at radius 2 is 2.10 bits per heavy atom. The summed E-state index contributed by atoms with van der Waals surface area (Å²) in [5.74, 6) is -1.43. The third-order valence-corrected chi connectivity index (χ3v) is 4.88. The molecule has 1 aromatic heterocycles. The van der Waals surface area contributed by atoms with E-state index in [1.165, 1.54) is 11.3 Å². The molecule has 5 heteroatoms. The summed E-state index contributed by atoms with van der Waals surface area (Å²) in [5.41, 5.74) is 0. The van der Waals surface area contributed by atoms with Crippen molar-refractivity contribution in [3.63, 3.8) is 0 Å². The number of carbonyl (C=O) groups excluding carboxylic acids is 1. The SMILES string of the molecule is CC(CN(C(=O)c1cc2ccccc2s1)C1CC1)C(=O)O. The normalized spacial score (nSPS) is 15.9. The van der Waals surface area contributed by atoms with Gasteiger partial charge in [0.25, 0.3) is 5.91 Å². The number of fused-ring (bicyclic) bond motifs is 1. The molecule has 2 aromatic rings. The molecule has 0 radical (unpaired) electrons. The predicted octanol–water partition coefficient (Wildman–Crippen LogP) is 3.23. The lowest BCUT2D eigenvalue weighted by Gasteiger charge is -2.23. The number of amides is 1. The fraction of sp³-hybridized carbons (Fsp3) is 0.375. The van der Waals surface area contributed by atoms with Crippen LogP contribution in [0.3, 0.4) is 0 Å². The van der Waals surface area contributed by atoms with Gasteiger partial charge in [-0.05, 0) is 30.4 Å². The van der Waals surface area contributed by atoms with Crippen LogP contribution in [0.2, 0.25) is 0 Å². The number of carbonyl (C=O) groups is 2. The van der Waals surface area contributed by atoms with Crippen LogP contribution in [0.25, 0.3) is 10.1 Å². The molecule has 1 amide bonds. The van der Waals surface area contributed by atoms with E-state index in [1.54, 1.807) is 11.8 Å². The lowest BCUT2D eigenvalue weighted by Crippen LogP contribution is -2.38. The van der Waals surface area contributed by atoms with E-state index in [0.717, 1.165) is 22.9 Å². The molecule has 1 aliphatic rings. The highest BCUT2D eigenvalue weighted by molar-refractivity contribution is 7.20. The zero-order valence-corrected chi connectivity index (χ0v) is 12.6. The van der Waals surface area contributed by atoms with E-state index < -0.39 is 11.9 Å². The molecule has 110 valence electrons. The summed E-state index contributed by atoms with van der Waals surface area (Å²) in [6.45, 7) is 1.93. The van der Waals surface area contributed by atoms with Crippen molar-refractivity contribution in [2.45, 2.75) is 25.8 Å². The highest BCUT2D eigenvalue weighted by Gasteiger charge is 2.35. The second-order valence-electron chi connectivity index (χ2n) is 5.58. The lowest BCUT2D eigenvalue weighted by molar-refractivity contribution is -0.141. The van der Waals surface area contributed by atoms with Crippen molar-refractivity contribution in [2.24, 2.45) is 5.92 Å². The van der Waals surface area contributed by atoms with Crippen molar-refractivity contribution in [1.29, 1.82) is 0 Å². The van der Waals surface area contributed by atoms with E-state index in [4.69, 9.17) is 5.11 Å². The molecule has 0 aliphatic heterocycles. The molecule has 0 saturated heterocycles. The maximum atomic E-state index is 12.7. The Morgan fingerprint density at radius 1 is 1.38 bits per heavy atom. The zero-order valence-electron chi connectivity index (χ0n) is 11.8. The third-order valence-electron chi connectivity index (χ3n) is 3.78. The molecule has 1 fully saturated rings. The molecule has 3 rings (SSSR count). The first-order valence-corrected chi connectivity index (χ1v) is 7.90. The number of carboxylic acids is 1. The van der Waals surface area contributed by atoms with Crippen LogP contribution in [0.4, 0.5) is 0 Å². The van der Waals surface area contributed by atoms with Crippen molar-refractivity contribution < 1.29 is 14.7 Å². The molecule has 21 heavy (non-hydrogen) atoms. The number of thiophene rings is 1. The summed E-state index contributed by atoms with van der Waals surface area (Å²) in [5, 5.41) is 10.1. The van der Waals surface area contributed by atoms with Gasteiger partial charge in [0, 0.05) is 17.3 Å². The molecule has 1 aliphatic carbocycles. The molecule has 1 saturated carbocycles. The van der Waals surface area contributed by atoms with E-state index in [1.807, 2.05) is 30.3 Å². The van der Waals surface area contributed by atoms with Crippen LogP contribution in [0.15, 0.2) is 30.3 Å². The zero-order chi connectivity index (χ0) is 15.0. The Kier molecular flexibility index (Phi) is 3.68. The van der Waals surface area contributed by atoms with Gasteiger partial charge in [0.15, 0.2) is 0 Å². The topological polar surface area (TPSA) is 57.6 Å². The van der Waals surface area contributed by atoms with Gasteiger partial charge in [-0.15, -0.1) is 11.3 Å². The second kappa shape index (κ2) is 5.48. The minimum atomic E-state index is -0.857. The summed E-state index contributed by atoms with van der Waals surface area (Å²) in [6, 6.07) is 10.0. The Hall–Kier alpha value is -1.88. The molecule has 1 heterocycles. The molecule has 0 bridgehead atoms. The van der Waals surface area contributed by atoms with E-state index in [2.05, 4.69) is 0 Å². The van der Waals surface area contributed by atoms with Crippen LogP contribution in [0, 0.1) is 5.92 Å². The lowest BCUT2D eigenvalue weighted by atomic mass is 10.1. The van der Waals surface area contributed by atoms with Crippen LogP contribution >= 0.6 is 11.3 Å². The van der Waals surface area contributed by atoms with Crippen LogP contribution in [-0.2, 0) is 4.79 Å². The second-order valence-corrected chi connectivity index (χ2v) is 6.66. The monoisotopic (exact) mass is 303 g/mol. The van der Waals surface area contributed by atoms with Gasteiger partial charge in [-0.1, -0.05) is 25.1 Å². The molecule has 1 aromatic carbocycles. The van der Waals surface area contributed by atoms with Crippen molar-refractivity contribution in [3.8, 4) is 0 Å². The van der Waals surface area contributed by atoms with Gasteiger partial charge in [0.1, 0.15) is 0 Å². The van der Waals surface area contributed by atoms with Gasteiger partial charge in [-0.2, -0.15) is 0 Å². The molecular formula is C16H17NO3S. The number of carboxylic acid groups (broad SMARTS) is 1. The van der Waals surface area contributed by atoms with E-state index in [-0.39, 0.29) is 18.5 Å². The largest absolute Gasteiger partial charge is 0.481 e. The maximum absolute atomic E-state index is 12.7. The number of rotatable bonds is 5. The smallest absolute Gasteiger partial charge is 0.308 e. The standard InChI is InChI=1S/C16H17NO3S/c1-10(16(19)20)9-17(12-6-7-12)15(18)14-8-11-4-2-3-5-13(11)21-14/h2-5,8,10,12H,6-7,9H2,1H3,(H,19,20). The fourth-order valence-corrected chi connectivity index (χ4v) is 3.40. The average Bonchev–Trinajstić information content (AvgIpc) is 3.21. The Balaban J connectivity index is 1.85. The summed E-state index contributed by atoms with van der Waals surface area (Å²) >= 11 is 1.48. The van der Waals surface area contributed by atoms with Gasteiger partial charge in [0.05, 0.1) is 10.8 Å². The minimum Gasteiger partial charge on any atom is -0.481 e. The Morgan fingerprint density at radius 3 is 2.71 bits per heavy atom. The first-order chi connectivity index (χ1) is 10.1. The molecule has 1 atom stereocenters. The Bertz CT molecular complexity index is 657. The van der Waals surface area contributed by atoms with E-state index >= 15 is 0 Å². The van der Waals surface area contributed by atoms with Gasteiger partial charge in [0.2, 0.25) is 0 Å². The quantitative estimate of drug-likeness (QED) is 0.922. The number of hydrogen-bond acceptors (Lipinski definition) is 3. The van der Waals surface area contributed by atoms with Crippen LogP contribution < -0.4 is 0 Å². The first-order valence-electron chi connectivity index (χ1n) is 7.08. The first kappa shape index (κ1) is 14.1. The van der Waals surface area contributed by atoms with E-state index in [9.17, 15) is 9.59 Å². The molecule has 0 spiro atoms. The molecule has 4 nitrogen and oxygen atoms in total. The number of benzene rings is 1. The summed E-state index contributed by atoms with van der Waals surface area (Å²) < 4.78 is 1.09. The maximum Gasteiger partial charge on any atom is 0.308 e. The van der Waals surface area contributed by atoms with Crippen LogP contribution in [0.5, 0.6) is 0 Å². The van der Waals surface area contributed by atoms with Crippen LogP contribution in [-0.4, -0.2) is 34.5 Å². The van der Waals surface area contributed by atoms with Crippen molar-refractivity contribution in [2.75, 3.05) is 6.54 Å². The van der Waals surface area contributed by atoms with Crippen LogP contribution in [0.1, 0.15) is 29.4 Å². The van der Waals surface area contributed by atoms with Gasteiger partial charge in [-0.25, -0.2) is 0 Å². The third kappa shape index (κ3) is 2.93. The summed E-state index contributed by atoms with van der Waals surface area (Å²) in [6.07, 6.45) is 1.95. The number of aliphatic carboxylic acids is 1. The molecular weight excluding hydrogens is 286 g/mol. The predicted molar refractivity (Wildman–Crippen MR) is 82.7 cm³/mol. The Labute approximate surface area is 127 Å². The van der Waals surface area contributed by atoms with Gasteiger partial charge in [-0.3, -0.25) is 9.59 Å². The number of hydrogen-bond donors (Lipinski definition) is 1. The minimum absolute atomic E-state index is 0.0354. The van der Waals surface area contributed by atoms with Crippen molar-refractivity contribution in [3.05, 3.63) is 35.2 Å². The van der Waals surface area contributed by atoms with Crippen molar-refractivity contribution >= 4 is 33.3 Å². The highest BCUT2D eigenvalue weighted by atomic mass is 32.1. The van der Waals surface area contributed by atoms with Crippen molar-refractivity contribution in [1.82, 2.24) is 4.90 Å². The van der Waals surface area contributed by atoms with E-state index in [0.29, 0.717) is 4.88 Å². The molecule has 1 N–H and O–H groups in total. The number of nitrogens with zero attached hydrogens (tertiary/aromatic N) is 1. The molecule has 1 unspecified atom stereocenters. The fourth-order valence-electron chi connectivity index (χ4n) is 2.39. The van der Waals surface area contributed by atoms with Gasteiger partial charge < -0.3 is 10.0 Å². The van der Waals surface area contributed by atoms with Gasteiger partial charge >= 0.3 is 5.97 Å².